The lowest BCUT2D eigenvalue weighted by molar-refractivity contribution is 1.62. The Kier molecular flexibility index (Phi) is 5.62. The Morgan fingerprint density at radius 3 is 1.66 bits per heavy atom. The summed E-state index contributed by atoms with van der Waals surface area (Å²) in [6, 6.07) is 54.5. The van der Waals surface area contributed by atoms with Crippen molar-refractivity contribution in [2.24, 2.45) is 0 Å². The highest BCUT2D eigenvalue weighted by molar-refractivity contribution is 6.31. The quantitative estimate of drug-likeness (QED) is 0.195. The third-order valence-electron chi connectivity index (χ3n) is 8.26. The number of halogens is 1. The first-order valence-electron chi connectivity index (χ1n) is 14.0. The summed E-state index contributed by atoms with van der Waals surface area (Å²) in [6.07, 6.45) is 0. The summed E-state index contributed by atoms with van der Waals surface area (Å²) in [4.78, 5) is 0. The smallest absolute Gasteiger partial charge is 0.0418 e. The average Bonchev–Trinajstić information content (AvgIpc) is 3.04. The predicted molar refractivity (Wildman–Crippen MR) is 178 cm³/mol. The van der Waals surface area contributed by atoms with Crippen molar-refractivity contribution in [1.29, 1.82) is 0 Å². The molecule has 0 saturated carbocycles. The molecule has 0 fully saturated rings. The number of rotatable bonds is 3. The molecule has 8 aromatic rings. The molecule has 0 aliphatic heterocycles. The van der Waals surface area contributed by atoms with Crippen molar-refractivity contribution >= 4 is 54.7 Å². The van der Waals surface area contributed by atoms with E-state index in [1.165, 1.54) is 59.8 Å². The summed E-state index contributed by atoms with van der Waals surface area (Å²) in [6.45, 7) is 0. The lowest BCUT2D eigenvalue weighted by Crippen LogP contribution is -1.88. The summed E-state index contributed by atoms with van der Waals surface area (Å²) in [5.74, 6) is 0. The van der Waals surface area contributed by atoms with Crippen molar-refractivity contribution in [2.45, 2.75) is 0 Å². The number of hydrogen-bond donors (Lipinski definition) is 0. The first-order chi connectivity index (χ1) is 20.2. The second-order valence-corrected chi connectivity index (χ2v) is 11.2. The van der Waals surface area contributed by atoms with Gasteiger partial charge in [-0.05, 0) is 113 Å². The summed E-state index contributed by atoms with van der Waals surface area (Å²) >= 11 is 6.82. The minimum atomic E-state index is 0.735. The van der Waals surface area contributed by atoms with Crippen molar-refractivity contribution < 1.29 is 0 Å². The Bertz CT molecular complexity index is 2260. The van der Waals surface area contributed by atoms with Crippen LogP contribution in [-0.2, 0) is 0 Å². The van der Waals surface area contributed by atoms with E-state index in [0.29, 0.717) is 0 Å². The van der Waals surface area contributed by atoms with E-state index in [9.17, 15) is 0 Å². The Hall–Kier alpha value is -4.91. The van der Waals surface area contributed by atoms with Gasteiger partial charge in [0, 0.05) is 5.02 Å². The second kappa shape index (κ2) is 9.63. The Morgan fingerprint density at radius 1 is 0.293 bits per heavy atom. The molecule has 0 spiro atoms. The van der Waals surface area contributed by atoms with Crippen molar-refractivity contribution in [3.8, 4) is 33.4 Å². The van der Waals surface area contributed by atoms with Crippen LogP contribution in [0.25, 0.3) is 76.5 Å². The molecule has 1 heteroatoms. The third-order valence-corrected chi connectivity index (χ3v) is 8.47. The van der Waals surface area contributed by atoms with E-state index in [0.717, 1.165) is 21.7 Å². The molecule has 0 aliphatic carbocycles. The van der Waals surface area contributed by atoms with Crippen LogP contribution >= 0.6 is 11.6 Å². The van der Waals surface area contributed by atoms with Gasteiger partial charge in [0.25, 0.3) is 0 Å². The lowest BCUT2D eigenvalue weighted by atomic mass is 9.90. The van der Waals surface area contributed by atoms with Crippen LogP contribution in [0.4, 0.5) is 0 Å². The predicted octanol–water partition coefficient (Wildman–Crippen LogP) is 12.0. The van der Waals surface area contributed by atoms with Crippen LogP contribution in [0.5, 0.6) is 0 Å². The maximum atomic E-state index is 6.82. The summed E-state index contributed by atoms with van der Waals surface area (Å²) in [7, 11) is 0. The molecule has 0 heterocycles. The number of hydrogen-bond acceptors (Lipinski definition) is 0. The van der Waals surface area contributed by atoms with Gasteiger partial charge in [0.1, 0.15) is 0 Å². The standard InChI is InChI=1S/C40H25Cl/c41-34-21-32(30-17-16-28-15-14-27-10-4-5-11-35(27)38(28)24-30)20-33(22-34)40-25-31-19-18-29(26-8-2-1-3-9-26)23-39(31)36-12-6-7-13-37(36)40/h1-25H. The van der Waals surface area contributed by atoms with Gasteiger partial charge in [-0.1, -0.05) is 127 Å². The van der Waals surface area contributed by atoms with Crippen LogP contribution in [0, 0.1) is 0 Å². The minimum Gasteiger partial charge on any atom is -0.0843 e. The molecule has 41 heavy (non-hydrogen) atoms. The van der Waals surface area contributed by atoms with Crippen molar-refractivity contribution in [2.75, 3.05) is 0 Å². The van der Waals surface area contributed by atoms with Crippen molar-refractivity contribution in [3.05, 3.63) is 157 Å². The van der Waals surface area contributed by atoms with E-state index in [2.05, 4.69) is 152 Å². The van der Waals surface area contributed by atoms with Crippen LogP contribution in [0.2, 0.25) is 5.02 Å². The molecule has 0 saturated heterocycles. The van der Waals surface area contributed by atoms with Gasteiger partial charge in [0.15, 0.2) is 0 Å². The minimum absolute atomic E-state index is 0.735. The average molecular weight is 541 g/mol. The maximum Gasteiger partial charge on any atom is 0.0418 e. The molecule has 0 atom stereocenters. The summed E-state index contributed by atoms with van der Waals surface area (Å²) < 4.78 is 0. The normalized spacial score (nSPS) is 11.5. The largest absolute Gasteiger partial charge is 0.0843 e. The van der Waals surface area contributed by atoms with Gasteiger partial charge in [-0.15, -0.1) is 0 Å². The second-order valence-electron chi connectivity index (χ2n) is 10.7. The Balaban J connectivity index is 1.32. The Labute approximate surface area is 244 Å². The zero-order valence-corrected chi connectivity index (χ0v) is 23.1. The van der Waals surface area contributed by atoms with Gasteiger partial charge >= 0.3 is 0 Å². The zero-order chi connectivity index (χ0) is 27.3. The van der Waals surface area contributed by atoms with Crippen LogP contribution in [0.1, 0.15) is 0 Å². The fraction of sp³-hybridized carbons (Fsp3) is 0. The molecule has 0 nitrogen and oxygen atoms in total. The topological polar surface area (TPSA) is 0 Å². The van der Waals surface area contributed by atoms with Gasteiger partial charge < -0.3 is 0 Å². The number of benzene rings is 8. The fourth-order valence-electron chi connectivity index (χ4n) is 6.24. The van der Waals surface area contributed by atoms with Gasteiger partial charge in [-0.2, -0.15) is 0 Å². The summed E-state index contributed by atoms with van der Waals surface area (Å²) in [5, 5.41) is 10.7. The van der Waals surface area contributed by atoms with E-state index in [1.807, 2.05) is 0 Å². The molecule has 192 valence electrons. The molecule has 0 amide bonds. The van der Waals surface area contributed by atoms with Gasteiger partial charge in [-0.25, -0.2) is 0 Å². The monoisotopic (exact) mass is 540 g/mol. The highest BCUT2D eigenvalue weighted by Crippen LogP contribution is 2.40. The van der Waals surface area contributed by atoms with Crippen LogP contribution in [0.3, 0.4) is 0 Å². The van der Waals surface area contributed by atoms with E-state index in [4.69, 9.17) is 11.6 Å². The molecule has 0 N–H and O–H groups in total. The van der Waals surface area contributed by atoms with E-state index < -0.39 is 0 Å². The maximum absolute atomic E-state index is 6.82. The zero-order valence-electron chi connectivity index (χ0n) is 22.3. The molecule has 0 radical (unpaired) electrons. The SMILES string of the molecule is Clc1cc(-c2ccc3ccc4ccccc4c3c2)cc(-c2cc3ccc(-c4ccccc4)cc3c3ccccc23)c1. The molecule has 0 unspecified atom stereocenters. The van der Waals surface area contributed by atoms with Crippen molar-refractivity contribution in [3.63, 3.8) is 0 Å². The van der Waals surface area contributed by atoms with Crippen LogP contribution in [-0.4, -0.2) is 0 Å². The molecule has 8 rings (SSSR count). The van der Waals surface area contributed by atoms with E-state index >= 15 is 0 Å². The van der Waals surface area contributed by atoms with Gasteiger partial charge in [0.05, 0.1) is 0 Å². The van der Waals surface area contributed by atoms with E-state index in [-0.39, 0.29) is 0 Å². The molecule has 8 aromatic carbocycles. The van der Waals surface area contributed by atoms with Gasteiger partial charge in [-0.3, -0.25) is 0 Å². The van der Waals surface area contributed by atoms with Gasteiger partial charge in [0.2, 0.25) is 0 Å². The number of fused-ring (bicyclic) bond motifs is 6. The third kappa shape index (κ3) is 4.16. The highest BCUT2D eigenvalue weighted by Gasteiger charge is 2.13. The molecule has 0 aliphatic rings. The highest BCUT2D eigenvalue weighted by atomic mass is 35.5. The fourth-order valence-corrected chi connectivity index (χ4v) is 6.48. The lowest BCUT2D eigenvalue weighted by Gasteiger charge is -2.14. The van der Waals surface area contributed by atoms with Crippen molar-refractivity contribution in [1.82, 2.24) is 0 Å². The van der Waals surface area contributed by atoms with Crippen LogP contribution in [0.15, 0.2) is 152 Å². The molecule has 0 bridgehead atoms. The first kappa shape index (κ1) is 23.9. The molecular formula is C40H25Cl. The Morgan fingerprint density at radius 2 is 0.854 bits per heavy atom. The van der Waals surface area contributed by atoms with Crippen LogP contribution < -0.4 is 0 Å². The van der Waals surface area contributed by atoms with E-state index in [1.54, 1.807) is 0 Å². The first-order valence-corrected chi connectivity index (χ1v) is 14.3. The summed E-state index contributed by atoms with van der Waals surface area (Å²) in [5.41, 5.74) is 7.04. The molecular weight excluding hydrogens is 516 g/mol. The molecule has 0 aromatic heterocycles.